The van der Waals surface area contributed by atoms with Gasteiger partial charge in [0.05, 0.1) is 11.0 Å². The number of aromatic nitrogens is 2. The standard InChI is InChI=1S/C13H23N3O2S/c1-2-6-14-11(10-13-15-7-8-16-13)12-5-3-4-9-19(12,17)18/h7-8,11-12,14H,2-6,9-10H2,1H3,(H,15,16). The Hall–Kier alpha value is -0.880. The second-order valence-electron chi connectivity index (χ2n) is 5.20. The predicted molar refractivity (Wildman–Crippen MR) is 75.8 cm³/mol. The van der Waals surface area contributed by atoms with Crippen molar-refractivity contribution in [2.24, 2.45) is 0 Å². The van der Waals surface area contributed by atoms with E-state index in [0.29, 0.717) is 12.2 Å². The van der Waals surface area contributed by atoms with Crippen molar-refractivity contribution in [2.75, 3.05) is 12.3 Å². The zero-order chi connectivity index (χ0) is 13.7. The van der Waals surface area contributed by atoms with Gasteiger partial charge in [-0.3, -0.25) is 0 Å². The lowest BCUT2D eigenvalue weighted by Crippen LogP contribution is -2.48. The Balaban J connectivity index is 2.11. The minimum Gasteiger partial charge on any atom is -0.349 e. The predicted octanol–water partition coefficient (Wildman–Crippen LogP) is 1.29. The molecule has 2 unspecified atom stereocenters. The molecule has 6 heteroatoms. The van der Waals surface area contributed by atoms with E-state index in [4.69, 9.17) is 0 Å². The van der Waals surface area contributed by atoms with Crippen LogP contribution in [0.15, 0.2) is 12.4 Å². The topological polar surface area (TPSA) is 74.8 Å². The first-order chi connectivity index (χ1) is 9.13. The molecule has 2 atom stereocenters. The van der Waals surface area contributed by atoms with Gasteiger partial charge in [0.15, 0.2) is 9.84 Å². The van der Waals surface area contributed by atoms with Gasteiger partial charge in [-0.1, -0.05) is 13.3 Å². The quantitative estimate of drug-likeness (QED) is 0.826. The van der Waals surface area contributed by atoms with Gasteiger partial charge in [-0.15, -0.1) is 0 Å². The highest BCUT2D eigenvalue weighted by molar-refractivity contribution is 7.92. The SMILES string of the molecule is CCCNC(Cc1ncc[nH]1)C1CCCCS1(=O)=O. The lowest BCUT2D eigenvalue weighted by Gasteiger charge is -2.30. The molecule has 1 aromatic heterocycles. The lowest BCUT2D eigenvalue weighted by molar-refractivity contribution is 0.429. The Morgan fingerprint density at radius 2 is 2.37 bits per heavy atom. The maximum absolute atomic E-state index is 12.2. The molecule has 2 heterocycles. The van der Waals surface area contributed by atoms with Crippen LogP contribution in [0.25, 0.3) is 0 Å². The first-order valence-corrected chi connectivity index (χ1v) is 8.78. The largest absolute Gasteiger partial charge is 0.349 e. The summed E-state index contributed by atoms with van der Waals surface area (Å²) in [5.74, 6) is 1.19. The van der Waals surface area contributed by atoms with Crippen LogP contribution >= 0.6 is 0 Å². The van der Waals surface area contributed by atoms with Crippen LogP contribution in [0.5, 0.6) is 0 Å². The summed E-state index contributed by atoms with van der Waals surface area (Å²) in [6.45, 7) is 2.93. The molecule has 0 radical (unpaired) electrons. The van der Waals surface area contributed by atoms with Gasteiger partial charge in [-0.2, -0.15) is 0 Å². The molecule has 1 aromatic rings. The second kappa shape index (κ2) is 6.52. The summed E-state index contributed by atoms with van der Waals surface area (Å²) in [7, 11) is -2.96. The average molecular weight is 285 g/mol. The van der Waals surface area contributed by atoms with Crippen LogP contribution in [-0.2, 0) is 16.3 Å². The molecule has 1 saturated heterocycles. The lowest BCUT2D eigenvalue weighted by atomic mass is 10.0. The fourth-order valence-electron chi connectivity index (χ4n) is 2.71. The Labute approximate surface area is 115 Å². The Morgan fingerprint density at radius 3 is 3.00 bits per heavy atom. The maximum Gasteiger partial charge on any atom is 0.154 e. The zero-order valence-electron chi connectivity index (χ0n) is 11.4. The fraction of sp³-hybridized carbons (Fsp3) is 0.769. The van der Waals surface area contributed by atoms with Gasteiger partial charge in [0.2, 0.25) is 0 Å². The van der Waals surface area contributed by atoms with Gasteiger partial charge in [0.25, 0.3) is 0 Å². The maximum atomic E-state index is 12.2. The number of rotatable bonds is 6. The molecule has 2 N–H and O–H groups in total. The van der Waals surface area contributed by atoms with Gasteiger partial charge in [0, 0.05) is 24.9 Å². The molecule has 1 aliphatic heterocycles. The number of sulfone groups is 1. The highest BCUT2D eigenvalue weighted by atomic mass is 32.2. The number of nitrogens with zero attached hydrogens (tertiary/aromatic N) is 1. The van der Waals surface area contributed by atoms with E-state index in [2.05, 4.69) is 22.2 Å². The summed E-state index contributed by atoms with van der Waals surface area (Å²) in [6, 6.07) is -0.0311. The molecule has 0 aromatic carbocycles. The average Bonchev–Trinajstić information content (AvgIpc) is 2.87. The molecule has 1 fully saturated rings. The van der Waals surface area contributed by atoms with E-state index in [-0.39, 0.29) is 11.3 Å². The molecule has 0 saturated carbocycles. The summed E-state index contributed by atoms with van der Waals surface area (Å²) < 4.78 is 24.5. The normalized spacial score (nSPS) is 24.2. The summed E-state index contributed by atoms with van der Waals surface area (Å²) in [5.41, 5.74) is 0. The number of aromatic amines is 1. The molecule has 5 nitrogen and oxygen atoms in total. The van der Waals surface area contributed by atoms with Crippen LogP contribution in [0.2, 0.25) is 0 Å². The number of hydrogen-bond donors (Lipinski definition) is 2. The molecular weight excluding hydrogens is 262 g/mol. The van der Waals surface area contributed by atoms with E-state index >= 15 is 0 Å². The van der Waals surface area contributed by atoms with Crippen LogP contribution in [0.1, 0.15) is 38.4 Å². The van der Waals surface area contributed by atoms with Crippen molar-refractivity contribution in [3.8, 4) is 0 Å². The minimum absolute atomic E-state index is 0.0311. The van der Waals surface area contributed by atoms with Crippen molar-refractivity contribution < 1.29 is 8.42 Å². The Morgan fingerprint density at radius 1 is 1.53 bits per heavy atom. The summed E-state index contributed by atoms with van der Waals surface area (Å²) >= 11 is 0. The van der Waals surface area contributed by atoms with E-state index in [9.17, 15) is 8.42 Å². The van der Waals surface area contributed by atoms with Crippen LogP contribution in [0, 0.1) is 0 Å². The van der Waals surface area contributed by atoms with E-state index < -0.39 is 9.84 Å². The van der Waals surface area contributed by atoms with E-state index in [1.165, 1.54) is 0 Å². The van der Waals surface area contributed by atoms with E-state index in [1.54, 1.807) is 12.4 Å². The summed E-state index contributed by atoms with van der Waals surface area (Å²) in [5, 5.41) is 3.13. The van der Waals surface area contributed by atoms with Crippen LogP contribution < -0.4 is 5.32 Å². The highest BCUT2D eigenvalue weighted by Gasteiger charge is 2.35. The van der Waals surface area contributed by atoms with Crippen LogP contribution in [-0.4, -0.2) is 42.0 Å². The third kappa shape index (κ3) is 3.79. The first kappa shape index (κ1) is 14.5. The van der Waals surface area contributed by atoms with Gasteiger partial charge in [-0.25, -0.2) is 13.4 Å². The van der Waals surface area contributed by atoms with Gasteiger partial charge in [-0.05, 0) is 25.8 Å². The van der Waals surface area contributed by atoms with Crippen LogP contribution in [0.4, 0.5) is 0 Å². The minimum atomic E-state index is -2.96. The third-order valence-electron chi connectivity index (χ3n) is 3.70. The molecule has 19 heavy (non-hydrogen) atoms. The van der Waals surface area contributed by atoms with E-state index in [0.717, 1.165) is 38.1 Å². The monoisotopic (exact) mass is 285 g/mol. The van der Waals surface area contributed by atoms with Gasteiger partial charge >= 0.3 is 0 Å². The smallest absolute Gasteiger partial charge is 0.154 e. The number of H-pyrrole nitrogens is 1. The summed E-state index contributed by atoms with van der Waals surface area (Å²) in [6.07, 6.45) is 7.72. The van der Waals surface area contributed by atoms with Gasteiger partial charge in [0.1, 0.15) is 5.82 Å². The van der Waals surface area contributed by atoms with E-state index in [1.807, 2.05) is 0 Å². The number of imidazole rings is 1. The fourth-order valence-corrected chi connectivity index (χ4v) is 4.84. The number of hydrogen-bond acceptors (Lipinski definition) is 4. The third-order valence-corrected chi connectivity index (χ3v) is 6.05. The van der Waals surface area contributed by atoms with Crippen molar-refractivity contribution in [1.29, 1.82) is 0 Å². The second-order valence-corrected chi connectivity index (χ2v) is 7.54. The van der Waals surface area contributed by atoms with Crippen molar-refractivity contribution >= 4 is 9.84 Å². The molecule has 0 spiro atoms. The van der Waals surface area contributed by atoms with Crippen molar-refractivity contribution in [2.45, 2.75) is 50.3 Å². The molecular formula is C13H23N3O2S. The highest BCUT2D eigenvalue weighted by Crippen LogP contribution is 2.23. The van der Waals surface area contributed by atoms with Crippen molar-refractivity contribution in [1.82, 2.24) is 15.3 Å². The molecule has 0 aliphatic carbocycles. The van der Waals surface area contributed by atoms with Crippen molar-refractivity contribution in [3.05, 3.63) is 18.2 Å². The number of nitrogens with one attached hydrogen (secondary N) is 2. The van der Waals surface area contributed by atoms with Gasteiger partial charge < -0.3 is 10.3 Å². The first-order valence-electron chi connectivity index (χ1n) is 7.06. The molecule has 0 amide bonds. The molecule has 1 aliphatic rings. The zero-order valence-corrected chi connectivity index (χ0v) is 12.2. The van der Waals surface area contributed by atoms with Crippen molar-refractivity contribution in [3.63, 3.8) is 0 Å². The van der Waals surface area contributed by atoms with Crippen LogP contribution in [0.3, 0.4) is 0 Å². The Kier molecular flexibility index (Phi) is 4.99. The molecule has 2 rings (SSSR count). The summed E-state index contributed by atoms with van der Waals surface area (Å²) in [4.78, 5) is 7.28. The Bertz CT molecular complexity index is 470. The molecule has 108 valence electrons. The molecule has 0 bridgehead atoms.